The zero-order valence-electron chi connectivity index (χ0n) is 37.0. The molecule has 4 nitrogen and oxygen atoms in total. The van der Waals surface area contributed by atoms with E-state index in [4.69, 9.17) is 19.9 Å². The molecule has 12 rings (SSSR count). The van der Waals surface area contributed by atoms with E-state index < -0.39 is 0 Å². The van der Waals surface area contributed by atoms with Crippen molar-refractivity contribution in [2.75, 3.05) is 0 Å². The second-order valence-electron chi connectivity index (χ2n) is 19.4. The molecule has 0 bridgehead atoms. The highest BCUT2D eigenvalue weighted by molar-refractivity contribution is 6.38. The van der Waals surface area contributed by atoms with Crippen molar-refractivity contribution in [2.24, 2.45) is 0 Å². The summed E-state index contributed by atoms with van der Waals surface area (Å²) < 4.78 is 0. The molecular formula is C60H46N4. The summed E-state index contributed by atoms with van der Waals surface area (Å²) in [6.45, 7) is 14.0. The molecule has 0 spiro atoms. The smallest absolute Gasteiger partial charge is 0.0780 e. The van der Waals surface area contributed by atoms with Crippen LogP contribution in [0.25, 0.3) is 120 Å². The van der Waals surface area contributed by atoms with Gasteiger partial charge >= 0.3 is 0 Å². The van der Waals surface area contributed by atoms with Crippen molar-refractivity contribution in [3.63, 3.8) is 0 Å². The molecular weight excluding hydrogens is 777 g/mol. The zero-order valence-corrected chi connectivity index (χ0v) is 37.0. The van der Waals surface area contributed by atoms with Crippen molar-refractivity contribution in [2.45, 2.75) is 52.4 Å². The van der Waals surface area contributed by atoms with Gasteiger partial charge in [0.15, 0.2) is 0 Å². The zero-order chi connectivity index (χ0) is 43.5. The molecule has 0 fully saturated rings. The molecule has 0 aliphatic rings. The van der Waals surface area contributed by atoms with Crippen LogP contribution >= 0.6 is 0 Å². The van der Waals surface area contributed by atoms with Gasteiger partial charge in [-0.05, 0) is 103 Å². The Morgan fingerprint density at radius 3 is 0.766 bits per heavy atom. The molecule has 0 atom stereocenters. The number of para-hydroxylation sites is 4. The maximum Gasteiger partial charge on any atom is 0.0780 e. The van der Waals surface area contributed by atoms with E-state index in [2.05, 4.69) is 163 Å². The Kier molecular flexibility index (Phi) is 8.33. The molecule has 0 radical (unpaired) electrons. The number of fused-ring (bicyclic) bond motifs is 4. The van der Waals surface area contributed by atoms with Gasteiger partial charge in [-0.25, -0.2) is 0 Å². The van der Waals surface area contributed by atoms with Gasteiger partial charge in [-0.1, -0.05) is 139 Å². The highest BCUT2D eigenvalue weighted by Crippen LogP contribution is 2.56. The third kappa shape index (κ3) is 5.75. The molecule has 64 heavy (non-hydrogen) atoms. The molecule has 0 saturated heterocycles. The Balaban J connectivity index is 1.45. The monoisotopic (exact) mass is 822 g/mol. The van der Waals surface area contributed by atoms with E-state index in [0.29, 0.717) is 0 Å². The Morgan fingerprint density at radius 2 is 0.531 bits per heavy atom. The molecule has 4 heterocycles. The average molecular weight is 823 g/mol. The molecule has 0 saturated carbocycles. The first-order chi connectivity index (χ1) is 31.0. The summed E-state index contributed by atoms with van der Waals surface area (Å²) in [6.07, 6.45) is 7.71. The van der Waals surface area contributed by atoms with Crippen LogP contribution in [-0.2, 0) is 10.8 Å². The quantitative estimate of drug-likeness (QED) is 0.166. The number of aromatic nitrogens is 4. The van der Waals surface area contributed by atoms with Gasteiger partial charge < -0.3 is 0 Å². The van der Waals surface area contributed by atoms with Crippen LogP contribution in [0.1, 0.15) is 52.7 Å². The van der Waals surface area contributed by atoms with Gasteiger partial charge in [0.2, 0.25) is 0 Å². The summed E-state index contributed by atoms with van der Waals surface area (Å²) in [5, 5.41) is 11.7. The van der Waals surface area contributed by atoms with Gasteiger partial charge in [-0.15, -0.1) is 0 Å². The van der Waals surface area contributed by atoms with Gasteiger partial charge in [-0.2, -0.15) is 0 Å². The third-order valence-corrected chi connectivity index (χ3v) is 13.4. The average Bonchev–Trinajstić information content (AvgIpc) is 3.31. The van der Waals surface area contributed by atoms with Crippen LogP contribution in [0, 0.1) is 0 Å². The Labute approximate surface area is 372 Å². The van der Waals surface area contributed by atoms with Gasteiger partial charge in [0.25, 0.3) is 0 Å². The normalized spacial score (nSPS) is 12.5. The number of nitrogens with zero attached hydrogens (tertiary/aromatic N) is 4. The minimum atomic E-state index is -0.200. The van der Waals surface area contributed by atoms with E-state index in [1.54, 1.807) is 0 Å². The van der Waals surface area contributed by atoms with E-state index in [0.717, 1.165) is 65.9 Å². The number of benzene rings is 8. The maximum atomic E-state index is 5.16. The SMILES string of the molecule is CC(C)(C)c1cc2c(-c3cccc4cccnc34)c(-c3cccc4cccnc34)c3cc(C(C)(C)C)cc4c(-c5cccc6cccnc56)c(-c5cccc6cccnc56)c(c1)c2c34. The van der Waals surface area contributed by atoms with E-state index in [1.165, 1.54) is 65.7 Å². The van der Waals surface area contributed by atoms with Crippen molar-refractivity contribution < 1.29 is 0 Å². The van der Waals surface area contributed by atoms with Crippen LogP contribution < -0.4 is 0 Å². The molecule has 0 unspecified atom stereocenters. The van der Waals surface area contributed by atoms with E-state index in [-0.39, 0.29) is 10.8 Å². The lowest BCUT2D eigenvalue weighted by Gasteiger charge is -2.30. The first-order valence-corrected chi connectivity index (χ1v) is 22.3. The van der Waals surface area contributed by atoms with E-state index >= 15 is 0 Å². The summed E-state index contributed by atoms with van der Waals surface area (Å²) in [7, 11) is 0. The van der Waals surface area contributed by atoms with Crippen LogP contribution in [0.5, 0.6) is 0 Å². The van der Waals surface area contributed by atoms with Crippen LogP contribution in [0.2, 0.25) is 0 Å². The lowest BCUT2D eigenvalue weighted by atomic mass is 9.73. The summed E-state index contributed by atoms with van der Waals surface area (Å²) in [6, 6.07) is 53.4. The number of rotatable bonds is 4. The lowest BCUT2D eigenvalue weighted by Crippen LogP contribution is -2.13. The van der Waals surface area contributed by atoms with Crippen LogP contribution in [0.3, 0.4) is 0 Å². The highest BCUT2D eigenvalue weighted by atomic mass is 14.7. The minimum absolute atomic E-state index is 0.200. The number of hydrogen-bond acceptors (Lipinski definition) is 4. The molecule has 8 aromatic carbocycles. The highest BCUT2D eigenvalue weighted by Gasteiger charge is 2.31. The summed E-state index contributed by atoms with van der Waals surface area (Å²) in [5.74, 6) is 0. The van der Waals surface area contributed by atoms with Crippen LogP contribution in [0.15, 0.2) is 170 Å². The second kappa shape index (κ2) is 14.0. The van der Waals surface area contributed by atoms with Crippen molar-refractivity contribution in [1.29, 1.82) is 0 Å². The molecule has 0 aliphatic carbocycles. The van der Waals surface area contributed by atoms with Crippen molar-refractivity contribution >= 4 is 75.9 Å². The minimum Gasteiger partial charge on any atom is -0.256 e. The standard InChI is InChI=1S/C60H46N4/c1-59(2,3)39-31-45-49(41-23-7-15-35-19-11-27-61-55(35)41)51(43-25-9-17-37-21-13-29-63-57(37)43)47-33-40(60(4,5)6)34-48-52(44-26-10-18-38-22-14-30-64-58(38)44)50(46(32-39)53(45)54(47)48)42-24-8-16-36-20-12-28-62-56(36)42/h7-34H,1-6H3. The predicted octanol–water partition coefficient (Wildman–Crippen LogP) is 16.0. The molecule has 0 aliphatic heterocycles. The first-order valence-electron chi connectivity index (χ1n) is 22.3. The first kappa shape index (κ1) is 38.1. The maximum absolute atomic E-state index is 5.16. The molecule has 0 amide bonds. The van der Waals surface area contributed by atoms with Crippen molar-refractivity contribution in [1.82, 2.24) is 19.9 Å². The number of pyridine rings is 4. The van der Waals surface area contributed by atoms with Gasteiger partial charge in [0.05, 0.1) is 22.1 Å². The fourth-order valence-corrected chi connectivity index (χ4v) is 10.4. The Morgan fingerprint density at radius 1 is 0.297 bits per heavy atom. The van der Waals surface area contributed by atoms with Crippen LogP contribution in [-0.4, -0.2) is 19.9 Å². The molecule has 306 valence electrons. The molecule has 4 heteroatoms. The van der Waals surface area contributed by atoms with Crippen molar-refractivity contribution in [3.8, 4) is 44.5 Å². The topological polar surface area (TPSA) is 51.6 Å². The van der Waals surface area contributed by atoms with Crippen molar-refractivity contribution in [3.05, 3.63) is 182 Å². The summed E-state index contributed by atoms with van der Waals surface area (Å²) in [4.78, 5) is 20.6. The lowest BCUT2D eigenvalue weighted by molar-refractivity contribution is 0.591. The van der Waals surface area contributed by atoms with E-state index in [1.807, 2.05) is 49.1 Å². The number of hydrogen-bond donors (Lipinski definition) is 0. The Hall–Kier alpha value is -7.56. The second-order valence-corrected chi connectivity index (χ2v) is 19.4. The Bertz CT molecular complexity index is 3360. The largest absolute Gasteiger partial charge is 0.256 e. The fourth-order valence-electron chi connectivity index (χ4n) is 10.4. The van der Waals surface area contributed by atoms with Gasteiger partial charge in [0, 0.05) is 90.8 Å². The van der Waals surface area contributed by atoms with E-state index in [9.17, 15) is 0 Å². The third-order valence-electron chi connectivity index (χ3n) is 13.4. The fraction of sp³-hybridized carbons (Fsp3) is 0.133. The van der Waals surface area contributed by atoms with Gasteiger partial charge in [0.1, 0.15) is 0 Å². The predicted molar refractivity (Wildman–Crippen MR) is 270 cm³/mol. The molecule has 0 N–H and O–H groups in total. The summed E-state index contributed by atoms with van der Waals surface area (Å²) >= 11 is 0. The van der Waals surface area contributed by atoms with Gasteiger partial charge in [-0.3, -0.25) is 19.9 Å². The van der Waals surface area contributed by atoms with Crippen LogP contribution in [0.4, 0.5) is 0 Å². The molecule has 12 aromatic rings. The molecule has 4 aromatic heterocycles. The summed E-state index contributed by atoms with van der Waals surface area (Å²) in [5.41, 5.74) is 15.1.